The zero-order chi connectivity index (χ0) is 16.7. The van der Waals surface area contributed by atoms with Crippen molar-refractivity contribution in [3.63, 3.8) is 0 Å². The van der Waals surface area contributed by atoms with Crippen LogP contribution in [0.3, 0.4) is 0 Å². The molecule has 0 saturated carbocycles. The van der Waals surface area contributed by atoms with E-state index >= 15 is 0 Å². The van der Waals surface area contributed by atoms with Crippen LogP contribution in [-0.2, 0) is 22.6 Å². The lowest BCUT2D eigenvalue weighted by atomic mass is 9.95. The van der Waals surface area contributed by atoms with E-state index in [2.05, 4.69) is 77.7 Å². The molecule has 0 saturated heterocycles. The molecule has 0 radical (unpaired) electrons. The minimum Gasteiger partial charge on any atom is -0.265 e. The molecule has 4 nitrogen and oxygen atoms in total. The molecule has 118 valence electrons. The molecule has 0 bridgehead atoms. The summed E-state index contributed by atoms with van der Waals surface area (Å²) in [5, 5.41) is 4.65. The normalized spacial score (nSPS) is 10.1. The Morgan fingerprint density at radius 1 is 1.23 bits per heavy atom. The number of rotatable bonds is 4. The van der Waals surface area contributed by atoms with Crippen molar-refractivity contribution in [3.05, 3.63) is 40.0 Å². The molecule has 5 heteroatoms. The van der Waals surface area contributed by atoms with Gasteiger partial charge in [-0.2, -0.15) is 14.7 Å². The summed E-state index contributed by atoms with van der Waals surface area (Å²) in [4.78, 5) is 16.2. The Morgan fingerprint density at radius 3 is 2.36 bits per heavy atom. The van der Waals surface area contributed by atoms with E-state index in [0.29, 0.717) is 5.92 Å². The van der Waals surface area contributed by atoms with E-state index in [1.807, 2.05) is 0 Å². The van der Waals surface area contributed by atoms with E-state index in [-0.39, 0.29) is 6.15 Å². The third-order valence-electron chi connectivity index (χ3n) is 3.40. The molecule has 1 heterocycles. The summed E-state index contributed by atoms with van der Waals surface area (Å²) in [6, 6.07) is 8.75. The molecular formula is C17H21BrN2O2. The number of carbonyl (C=O) groups excluding carboxylic acids is 2. The zero-order valence-corrected chi connectivity index (χ0v) is 15.0. The number of benzene rings is 1. The second kappa shape index (κ2) is 8.66. The Kier molecular flexibility index (Phi) is 7.22. The van der Waals surface area contributed by atoms with Crippen LogP contribution in [0.25, 0.3) is 11.3 Å². The molecule has 2 rings (SSSR count). The van der Waals surface area contributed by atoms with Gasteiger partial charge >= 0.3 is 6.15 Å². The molecule has 0 spiro atoms. The second-order valence-corrected chi connectivity index (χ2v) is 6.08. The van der Waals surface area contributed by atoms with Crippen molar-refractivity contribution < 1.29 is 9.59 Å². The summed E-state index contributed by atoms with van der Waals surface area (Å²) in [6.45, 7) is 9.67. The molecular weight excluding hydrogens is 344 g/mol. The third-order valence-corrected chi connectivity index (χ3v) is 3.90. The first-order valence-electron chi connectivity index (χ1n) is 7.34. The van der Waals surface area contributed by atoms with Gasteiger partial charge in [0.15, 0.2) is 0 Å². The van der Waals surface area contributed by atoms with Gasteiger partial charge in [0.25, 0.3) is 0 Å². The van der Waals surface area contributed by atoms with Crippen molar-refractivity contribution in [1.82, 2.24) is 9.78 Å². The van der Waals surface area contributed by atoms with Crippen LogP contribution in [0.4, 0.5) is 0 Å². The fraction of sp³-hybridized carbons (Fsp3) is 0.412. The predicted molar refractivity (Wildman–Crippen MR) is 89.5 cm³/mol. The van der Waals surface area contributed by atoms with Gasteiger partial charge in [0.2, 0.25) is 0 Å². The molecule has 0 aliphatic carbocycles. The van der Waals surface area contributed by atoms with Crippen LogP contribution >= 0.6 is 15.9 Å². The Hall–Kier alpha value is -1.71. The number of nitrogens with zero attached hydrogens (tertiary/aromatic N) is 2. The highest BCUT2D eigenvalue weighted by atomic mass is 79.9. The highest BCUT2D eigenvalue weighted by Gasteiger charge is 2.14. The molecule has 1 aromatic heterocycles. The molecule has 0 N–H and O–H groups in total. The molecule has 0 fully saturated rings. The lowest BCUT2D eigenvalue weighted by molar-refractivity contribution is -0.191. The monoisotopic (exact) mass is 364 g/mol. The molecule has 1 aromatic carbocycles. The molecule has 22 heavy (non-hydrogen) atoms. The third kappa shape index (κ3) is 4.39. The largest absolute Gasteiger partial charge is 0.373 e. The van der Waals surface area contributed by atoms with Crippen LogP contribution in [0.2, 0.25) is 0 Å². The van der Waals surface area contributed by atoms with E-state index in [4.69, 9.17) is 9.59 Å². The quantitative estimate of drug-likeness (QED) is 0.805. The molecule has 0 unspecified atom stereocenters. The smallest absolute Gasteiger partial charge is 0.265 e. The van der Waals surface area contributed by atoms with Crippen molar-refractivity contribution in [2.45, 2.75) is 46.6 Å². The topological polar surface area (TPSA) is 52.0 Å². The second-order valence-electron chi connectivity index (χ2n) is 5.16. The van der Waals surface area contributed by atoms with Crippen LogP contribution in [0, 0.1) is 0 Å². The van der Waals surface area contributed by atoms with E-state index in [9.17, 15) is 0 Å². The molecule has 0 amide bonds. The summed E-state index contributed by atoms with van der Waals surface area (Å²) in [6.07, 6.45) is 1.23. The van der Waals surface area contributed by atoms with Crippen LogP contribution in [-0.4, -0.2) is 15.9 Å². The summed E-state index contributed by atoms with van der Waals surface area (Å²) < 4.78 is 3.24. The van der Waals surface area contributed by atoms with Crippen molar-refractivity contribution in [1.29, 1.82) is 0 Å². The fourth-order valence-corrected chi connectivity index (χ4v) is 2.72. The van der Waals surface area contributed by atoms with Gasteiger partial charge in [-0.3, -0.25) is 4.68 Å². The number of hydrogen-bond acceptors (Lipinski definition) is 3. The van der Waals surface area contributed by atoms with E-state index in [1.165, 1.54) is 16.8 Å². The first-order valence-corrected chi connectivity index (χ1v) is 8.13. The van der Waals surface area contributed by atoms with Gasteiger partial charge in [-0.1, -0.05) is 42.8 Å². The first kappa shape index (κ1) is 18.3. The van der Waals surface area contributed by atoms with Crippen molar-refractivity contribution in [2.75, 3.05) is 0 Å². The Morgan fingerprint density at radius 2 is 1.86 bits per heavy atom. The van der Waals surface area contributed by atoms with Gasteiger partial charge in [0.05, 0.1) is 11.4 Å². The lowest BCUT2D eigenvalue weighted by Gasteiger charge is -2.14. The number of hydrogen-bond donors (Lipinski definition) is 0. The number of aryl methyl sites for hydroxylation is 2. The fourth-order valence-electron chi connectivity index (χ4n) is 2.35. The first-order chi connectivity index (χ1) is 10.5. The van der Waals surface area contributed by atoms with Crippen molar-refractivity contribution >= 4 is 22.1 Å². The summed E-state index contributed by atoms with van der Waals surface area (Å²) in [5.74, 6) is 0.498. The lowest BCUT2D eigenvalue weighted by Crippen LogP contribution is -2.02. The maximum Gasteiger partial charge on any atom is 0.373 e. The van der Waals surface area contributed by atoms with E-state index in [1.54, 1.807) is 0 Å². The maximum absolute atomic E-state index is 8.12. The van der Waals surface area contributed by atoms with Crippen LogP contribution < -0.4 is 0 Å². The number of halogens is 1. The Bertz CT molecular complexity index is 657. The van der Waals surface area contributed by atoms with Crippen LogP contribution in [0.5, 0.6) is 0 Å². The number of aromatic nitrogens is 2. The van der Waals surface area contributed by atoms with Gasteiger partial charge in [-0.25, -0.2) is 0 Å². The van der Waals surface area contributed by atoms with Gasteiger partial charge < -0.3 is 0 Å². The summed E-state index contributed by atoms with van der Waals surface area (Å²) >= 11 is 3.57. The van der Waals surface area contributed by atoms with E-state index in [0.717, 1.165) is 23.1 Å². The van der Waals surface area contributed by atoms with Gasteiger partial charge in [-0.15, -0.1) is 0 Å². The van der Waals surface area contributed by atoms with Gasteiger partial charge in [0, 0.05) is 16.6 Å². The Balaban J connectivity index is 0.000000745. The van der Waals surface area contributed by atoms with Crippen LogP contribution in [0.1, 0.15) is 44.9 Å². The molecule has 0 atom stereocenters. The summed E-state index contributed by atoms with van der Waals surface area (Å²) in [5.41, 5.74) is 5.06. The highest BCUT2D eigenvalue weighted by molar-refractivity contribution is 9.10. The minimum absolute atomic E-state index is 0.250. The average Bonchev–Trinajstić information content (AvgIpc) is 2.91. The summed E-state index contributed by atoms with van der Waals surface area (Å²) in [7, 11) is 0. The standard InChI is InChI=1S/C16H21BrN2.CO2/c1-5-13-10-16(19(6-2)18-13)14-8-7-12(17)9-15(14)11(3)4;2-1-3/h7-11H,5-6H2,1-4H3;. The van der Waals surface area contributed by atoms with E-state index < -0.39 is 0 Å². The average molecular weight is 365 g/mol. The maximum atomic E-state index is 8.12. The minimum atomic E-state index is 0.250. The molecule has 0 aliphatic heterocycles. The SMILES string of the molecule is CCc1cc(-c2ccc(Br)cc2C(C)C)n(CC)n1.O=C=O. The van der Waals surface area contributed by atoms with Crippen LogP contribution in [0.15, 0.2) is 28.7 Å². The van der Waals surface area contributed by atoms with Crippen molar-refractivity contribution in [3.8, 4) is 11.3 Å². The highest BCUT2D eigenvalue weighted by Crippen LogP contribution is 2.32. The zero-order valence-electron chi connectivity index (χ0n) is 13.4. The molecule has 0 aliphatic rings. The van der Waals surface area contributed by atoms with Gasteiger partial charge in [0.1, 0.15) is 0 Å². The molecule has 2 aromatic rings. The van der Waals surface area contributed by atoms with Gasteiger partial charge in [-0.05, 0) is 43.0 Å². The predicted octanol–water partition coefficient (Wildman–Crippen LogP) is 4.43. The van der Waals surface area contributed by atoms with Crippen molar-refractivity contribution in [2.24, 2.45) is 0 Å². The Labute approximate surface area is 139 Å².